The van der Waals surface area contributed by atoms with Crippen molar-refractivity contribution in [2.24, 2.45) is 0 Å². The van der Waals surface area contributed by atoms with Crippen molar-refractivity contribution in [3.8, 4) is 0 Å². The Morgan fingerprint density at radius 2 is 2.05 bits per heavy atom. The molecule has 0 fully saturated rings. The van der Waals surface area contributed by atoms with Gasteiger partial charge in [0.25, 0.3) is 0 Å². The van der Waals surface area contributed by atoms with Gasteiger partial charge in [0.2, 0.25) is 5.91 Å². The minimum Gasteiger partial charge on any atom is -0.323 e. The number of amides is 1. The quantitative estimate of drug-likeness (QED) is 0.818. The molecule has 0 aliphatic carbocycles. The number of carbonyl (C=O) groups is 1. The summed E-state index contributed by atoms with van der Waals surface area (Å²) in [6.45, 7) is 1.82. The molecule has 110 valence electrons. The lowest BCUT2D eigenvalue weighted by Gasteiger charge is -2.12. The molecule has 0 aliphatic heterocycles. The van der Waals surface area contributed by atoms with E-state index in [4.69, 9.17) is 0 Å². The van der Waals surface area contributed by atoms with Crippen LogP contribution in [0.3, 0.4) is 0 Å². The molecule has 0 spiro atoms. The minimum atomic E-state index is -0.421. The van der Waals surface area contributed by atoms with E-state index in [0.29, 0.717) is 0 Å². The van der Waals surface area contributed by atoms with Crippen LogP contribution < -0.4 is 5.32 Å². The van der Waals surface area contributed by atoms with Crippen molar-refractivity contribution in [3.63, 3.8) is 0 Å². The Labute approximate surface area is 136 Å². The highest BCUT2D eigenvalue weighted by atomic mass is 79.9. The Balaban J connectivity index is 1.90. The van der Waals surface area contributed by atoms with E-state index in [1.54, 1.807) is 18.2 Å². The van der Waals surface area contributed by atoms with Gasteiger partial charge in [0.1, 0.15) is 5.82 Å². The topological polar surface area (TPSA) is 29.1 Å². The highest BCUT2D eigenvalue weighted by Gasteiger charge is 2.15. The molecule has 0 saturated heterocycles. The summed E-state index contributed by atoms with van der Waals surface area (Å²) in [6, 6.07) is 14.1. The van der Waals surface area contributed by atoms with Gasteiger partial charge in [-0.25, -0.2) is 4.39 Å². The smallest absolute Gasteiger partial charge is 0.237 e. The Morgan fingerprint density at radius 3 is 2.76 bits per heavy atom. The van der Waals surface area contributed by atoms with Gasteiger partial charge in [-0.1, -0.05) is 40.2 Å². The first-order chi connectivity index (χ1) is 10.1. The van der Waals surface area contributed by atoms with Gasteiger partial charge in [-0.15, -0.1) is 11.8 Å². The molecule has 1 N–H and O–H groups in total. The van der Waals surface area contributed by atoms with E-state index >= 15 is 0 Å². The molecule has 1 amide bonds. The standard InChI is InChI=1S/C16H15BrFNOS/c1-11(21-10-12-5-4-6-13(17)9-12)16(20)19-15-8-3-2-7-14(15)18/h2-9,11H,10H2,1H3,(H,19,20)/t11-/m0/s1. The maximum atomic E-state index is 13.5. The van der Waals surface area contributed by atoms with Crippen molar-refractivity contribution in [3.05, 3.63) is 64.4 Å². The first-order valence-corrected chi connectivity index (χ1v) is 8.32. The molecule has 2 aromatic rings. The lowest BCUT2D eigenvalue weighted by molar-refractivity contribution is -0.115. The van der Waals surface area contributed by atoms with Crippen LogP contribution in [-0.4, -0.2) is 11.2 Å². The summed E-state index contributed by atoms with van der Waals surface area (Å²) in [4.78, 5) is 12.0. The van der Waals surface area contributed by atoms with Gasteiger partial charge in [0.15, 0.2) is 0 Å². The molecule has 2 nitrogen and oxygen atoms in total. The average molecular weight is 368 g/mol. The molecule has 1 atom stereocenters. The van der Waals surface area contributed by atoms with E-state index in [-0.39, 0.29) is 16.8 Å². The number of para-hydroxylation sites is 1. The zero-order valence-corrected chi connectivity index (χ0v) is 13.9. The number of benzene rings is 2. The van der Waals surface area contributed by atoms with E-state index in [2.05, 4.69) is 21.2 Å². The number of carbonyl (C=O) groups excluding carboxylic acids is 1. The zero-order chi connectivity index (χ0) is 15.2. The molecule has 5 heteroatoms. The van der Waals surface area contributed by atoms with Crippen LogP contribution in [-0.2, 0) is 10.5 Å². The van der Waals surface area contributed by atoms with Crippen molar-refractivity contribution in [2.75, 3.05) is 5.32 Å². The number of halogens is 2. The summed E-state index contributed by atoms with van der Waals surface area (Å²) in [6.07, 6.45) is 0. The Bertz CT molecular complexity index is 635. The van der Waals surface area contributed by atoms with Gasteiger partial charge in [-0.05, 0) is 36.8 Å². The van der Waals surface area contributed by atoms with Crippen LogP contribution in [0.25, 0.3) is 0 Å². The molecule has 0 heterocycles. The van der Waals surface area contributed by atoms with Crippen LogP contribution >= 0.6 is 27.7 Å². The summed E-state index contributed by atoms with van der Waals surface area (Å²) >= 11 is 4.94. The van der Waals surface area contributed by atoms with Gasteiger partial charge in [0, 0.05) is 10.2 Å². The number of hydrogen-bond donors (Lipinski definition) is 1. The Hall–Kier alpha value is -1.33. The molecule has 0 aromatic heterocycles. The van der Waals surface area contributed by atoms with Crippen molar-refractivity contribution in [1.29, 1.82) is 0 Å². The first kappa shape index (κ1) is 16.0. The lowest BCUT2D eigenvalue weighted by atomic mass is 10.2. The van der Waals surface area contributed by atoms with Crippen LogP contribution in [0.1, 0.15) is 12.5 Å². The predicted molar refractivity (Wildman–Crippen MR) is 89.9 cm³/mol. The largest absolute Gasteiger partial charge is 0.323 e. The van der Waals surface area contributed by atoms with Crippen molar-refractivity contribution in [1.82, 2.24) is 0 Å². The van der Waals surface area contributed by atoms with E-state index in [0.717, 1.165) is 15.8 Å². The second-order valence-electron chi connectivity index (χ2n) is 4.55. The van der Waals surface area contributed by atoms with Crippen molar-refractivity contribution in [2.45, 2.75) is 17.9 Å². The fourth-order valence-electron chi connectivity index (χ4n) is 1.72. The highest BCUT2D eigenvalue weighted by molar-refractivity contribution is 9.10. The number of nitrogens with one attached hydrogen (secondary N) is 1. The second-order valence-corrected chi connectivity index (χ2v) is 6.80. The van der Waals surface area contributed by atoms with Crippen LogP contribution in [0, 0.1) is 5.82 Å². The zero-order valence-electron chi connectivity index (χ0n) is 11.5. The first-order valence-electron chi connectivity index (χ1n) is 6.47. The molecular formula is C16H15BrFNOS. The monoisotopic (exact) mass is 367 g/mol. The normalized spacial score (nSPS) is 12.0. The van der Waals surface area contributed by atoms with Crippen LogP contribution in [0.5, 0.6) is 0 Å². The lowest BCUT2D eigenvalue weighted by Crippen LogP contribution is -2.23. The molecule has 2 aromatic carbocycles. The molecule has 0 saturated carbocycles. The van der Waals surface area contributed by atoms with E-state index in [9.17, 15) is 9.18 Å². The summed E-state index contributed by atoms with van der Waals surface area (Å²) in [5.74, 6) is 0.112. The van der Waals surface area contributed by atoms with E-state index in [1.807, 2.05) is 31.2 Å². The van der Waals surface area contributed by atoms with Crippen molar-refractivity contribution < 1.29 is 9.18 Å². The molecule has 0 unspecified atom stereocenters. The predicted octanol–water partition coefficient (Wildman–Crippen LogP) is 4.85. The van der Waals surface area contributed by atoms with E-state index in [1.165, 1.54) is 17.8 Å². The third-order valence-electron chi connectivity index (χ3n) is 2.89. The van der Waals surface area contributed by atoms with Gasteiger partial charge in [0.05, 0.1) is 10.9 Å². The second kappa shape index (κ2) is 7.61. The number of anilines is 1. The highest BCUT2D eigenvalue weighted by Crippen LogP contribution is 2.22. The van der Waals surface area contributed by atoms with Gasteiger partial charge in [-0.3, -0.25) is 4.79 Å². The summed E-state index contributed by atoms with van der Waals surface area (Å²) in [5.41, 5.74) is 1.36. The summed E-state index contributed by atoms with van der Waals surface area (Å²) in [7, 11) is 0. The minimum absolute atomic E-state index is 0.194. The summed E-state index contributed by atoms with van der Waals surface area (Å²) in [5, 5.41) is 2.35. The summed E-state index contributed by atoms with van der Waals surface area (Å²) < 4.78 is 14.5. The van der Waals surface area contributed by atoms with E-state index < -0.39 is 5.82 Å². The van der Waals surface area contributed by atoms with Crippen LogP contribution in [0.15, 0.2) is 53.0 Å². The number of thioether (sulfide) groups is 1. The van der Waals surface area contributed by atoms with Crippen molar-refractivity contribution >= 4 is 39.3 Å². The number of rotatable bonds is 5. The van der Waals surface area contributed by atoms with Gasteiger partial charge >= 0.3 is 0 Å². The molecule has 0 bridgehead atoms. The fourth-order valence-corrected chi connectivity index (χ4v) is 3.00. The third kappa shape index (κ3) is 4.86. The SMILES string of the molecule is C[C@H](SCc1cccc(Br)c1)C(=O)Nc1ccccc1F. The number of hydrogen-bond acceptors (Lipinski definition) is 2. The molecule has 2 rings (SSSR count). The average Bonchev–Trinajstić information content (AvgIpc) is 2.47. The molecule has 21 heavy (non-hydrogen) atoms. The fraction of sp³-hybridized carbons (Fsp3) is 0.188. The molecular weight excluding hydrogens is 353 g/mol. The van der Waals surface area contributed by atoms with Gasteiger partial charge in [-0.2, -0.15) is 0 Å². The third-order valence-corrected chi connectivity index (χ3v) is 4.60. The maximum Gasteiger partial charge on any atom is 0.237 e. The molecule has 0 radical (unpaired) electrons. The van der Waals surface area contributed by atoms with Gasteiger partial charge < -0.3 is 5.32 Å². The Morgan fingerprint density at radius 1 is 1.29 bits per heavy atom. The van der Waals surface area contributed by atoms with Crippen LogP contribution in [0.2, 0.25) is 0 Å². The molecule has 0 aliphatic rings. The van der Waals surface area contributed by atoms with Crippen LogP contribution in [0.4, 0.5) is 10.1 Å². The Kier molecular flexibility index (Phi) is 5.82. The maximum absolute atomic E-state index is 13.5.